The van der Waals surface area contributed by atoms with E-state index in [0.29, 0.717) is 28.9 Å². The summed E-state index contributed by atoms with van der Waals surface area (Å²) >= 11 is 0.952. The maximum absolute atomic E-state index is 12.7. The smallest absolute Gasteiger partial charge is 0.335 e. The van der Waals surface area contributed by atoms with Crippen molar-refractivity contribution < 1.29 is 23.9 Å². The molecule has 1 aromatic heterocycles. The molecule has 0 spiro atoms. The highest BCUT2D eigenvalue weighted by Crippen LogP contribution is 2.36. The van der Waals surface area contributed by atoms with E-state index in [1.807, 2.05) is 6.92 Å². The monoisotopic (exact) mass is 425 g/mol. The quantitative estimate of drug-likeness (QED) is 0.630. The Hall–Kier alpha value is -2.80. The molecule has 2 amide bonds. The number of nitrogens with zero attached hydrogens (tertiary/aromatic N) is 1. The maximum atomic E-state index is 12.7. The molecule has 6 nitrogen and oxygen atoms in total. The number of carbonyl (C=O) groups is 3. The average Bonchev–Trinajstić information content (AvgIpc) is 3.29. The van der Waals surface area contributed by atoms with E-state index in [9.17, 15) is 14.4 Å². The Morgan fingerprint density at radius 1 is 1.20 bits per heavy atom. The Morgan fingerprint density at radius 3 is 2.67 bits per heavy atom. The molecule has 2 fully saturated rings. The number of rotatable bonds is 5. The van der Waals surface area contributed by atoms with Gasteiger partial charge in [-0.05, 0) is 67.3 Å². The Kier molecular flexibility index (Phi) is 5.81. The normalized spacial score (nSPS) is 19.1. The lowest BCUT2D eigenvalue weighted by Crippen LogP contribution is -2.34. The number of hydrogen-bond acceptors (Lipinski definition) is 5. The van der Waals surface area contributed by atoms with Crippen molar-refractivity contribution in [2.75, 3.05) is 6.54 Å². The van der Waals surface area contributed by atoms with Crippen molar-refractivity contribution in [1.29, 1.82) is 0 Å². The molecule has 2 aromatic rings. The zero-order valence-electron chi connectivity index (χ0n) is 16.7. The van der Waals surface area contributed by atoms with Gasteiger partial charge in [-0.15, -0.1) is 0 Å². The number of imide groups is 1. The fourth-order valence-corrected chi connectivity index (χ4v) is 4.89. The van der Waals surface area contributed by atoms with Gasteiger partial charge in [-0.25, -0.2) is 4.79 Å². The van der Waals surface area contributed by atoms with Crippen LogP contribution in [0, 0.1) is 12.8 Å². The number of carboxylic acid groups (broad SMARTS) is 1. The molecule has 1 aliphatic heterocycles. The summed E-state index contributed by atoms with van der Waals surface area (Å²) in [6.07, 6.45) is 7.32. The number of amides is 2. The van der Waals surface area contributed by atoms with E-state index in [1.54, 1.807) is 30.3 Å². The van der Waals surface area contributed by atoms with Crippen molar-refractivity contribution >= 4 is 35.0 Å². The van der Waals surface area contributed by atoms with Crippen molar-refractivity contribution in [3.8, 4) is 11.3 Å². The summed E-state index contributed by atoms with van der Waals surface area (Å²) in [5.74, 6) is 0.231. The second-order valence-electron chi connectivity index (χ2n) is 7.83. The molecule has 1 aliphatic carbocycles. The number of carboxylic acids is 1. The van der Waals surface area contributed by atoms with Gasteiger partial charge in [-0.2, -0.15) is 0 Å². The molecule has 0 bridgehead atoms. The molecule has 0 radical (unpaired) electrons. The standard InChI is InChI=1S/C23H23NO5S/c1-14-11-16(22(26)27)7-9-18(14)19-10-8-17(29-19)12-20-21(25)24(23(28)30-20)13-15-5-3-2-4-6-15/h7-12,15H,2-6,13H2,1H3,(H,26,27)/b20-12+. The summed E-state index contributed by atoms with van der Waals surface area (Å²) in [7, 11) is 0. The third kappa shape index (κ3) is 4.21. The first-order valence-corrected chi connectivity index (χ1v) is 10.9. The summed E-state index contributed by atoms with van der Waals surface area (Å²) in [6.45, 7) is 2.32. The van der Waals surface area contributed by atoms with Gasteiger partial charge in [0.05, 0.1) is 10.5 Å². The number of aromatic carboxylic acids is 1. The Bertz CT molecular complexity index is 1030. The van der Waals surface area contributed by atoms with Gasteiger partial charge in [-0.1, -0.05) is 25.3 Å². The summed E-state index contributed by atoms with van der Waals surface area (Å²) in [5.41, 5.74) is 1.78. The van der Waals surface area contributed by atoms with Gasteiger partial charge in [0.25, 0.3) is 11.1 Å². The van der Waals surface area contributed by atoms with E-state index in [-0.39, 0.29) is 16.7 Å². The van der Waals surface area contributed by atoms with Crippen molar-refractivity contribution in [2.45, 2.75) is 39.0 Å². The van der Waals surface area contributed by atoms with E-state index in [1.165, 1.54) is 30.2 Å². The summed E-state index contributed by atoms with van der Waals surface area (Å²) in [5, 5.41) is 8.89. The van der Waals surface area contributed by atoms with Gasteiger partial charge < -0.3 is 9.52 Å². The summed E-state index contributed by atoms with van der Waals surface area (Å²) in [6, 6.07) is 8.36. The first-order valence-electron chi connectivity index (χ1n) is 10.1. The molecule has 156 valence electrons. The Labute approximate surface area is 178 Å². The molecule has 0 atom stereocenters. The molecule has 1 saturated heterocycles. The van der Waals surface area contributed by atoms with Crippen LogP contribution >= 0.6 is 11.8 Å². The van der Waals surface area contributed by atoms with Crippen molar-refractivity contribution in [3.05, 3.63) is 52.1 Å². The number of furan rings is 1. The van der Waals surface area contributed by atoms with Crippen LogP contribution in [0.4, 0.5) is 4.79 Å². The molecule has 2 heterocycles. The lowest BCUT2D eigenvalue weighted by atomic mass is 9.89. The van der Waals surface area contributed by atoms with Crippen LogP contribution < -0.4 is 0 Å². The van der Waals surface area contributed by atoms with Crippen LogP contribution in [0.5, 0.6) is 0 Å². The van der Waals surface area contributed by atoms with E-state index in [0.717, 1.165) is 35.7 Å². The van der Waals surface area contributed by atoms with Crippen LogP contribution in [0.1, 0.15) is 53.8 Å². The predicted molar refractivity (Wildman–Crippen MR) is 115 cm³/mol. The molecular weight excluding hydrogens is 402 g/mol. The molecule has 7 heteroatoms. The van der Waals surface area contributed by atoms with Gasteiger partial charge in [0, 0.05) is 18.2 Å². The molecule has 2 aliphatic rings. The van der Waals surface area contributed by atoms with Crippen molar-refractivity contribution in [2.24, 2.45) is 5.92 Å². The van der Waals surface area contributed by atoms with Crippen LogP contribution in [0.3, 0.4) is 0 Å². The predicted octanol–water partition coefficient (Wildman–Crippen LogP) is 5.57. The zero-order valence-corrected chi connectivity index (χ0v) is 17.5. The number of benzene rings is 1. The maximum Gasteiger partial charge on any atom is 0.335 e. The van der Waals surface area contributed by atoms with Crippen LogP contribution in [0.2, 0.25) is 0 Å². The third-order valence-corrected chi connectivity index (χ3v) is 6.59. The van der Waals surface area contributed by atoms with Crippen LogP contribution in [0.25, 0.3) is 17.4 Å². The minimum absolute atomic E-state index is 0.217. The number of aryl methyl sites for hydroxylation is 1. The second kappa shape index (κ2) is 8.52. The number of thioether (sulfide) groups is 1. The minimum atomic E-state index is -0.978. The first kappa shape index (κ1) is 20.5. The van der Waals surface area contributed by atoms with Gasteiger partial charge >= 0.3 is 5.97 Å². The SMILES string of the molecule is Cc1cc(C(=O)O)ccc1-c1ccc(/C=C2/SC(=O)N(CC3CCCCC3)C2=O)o1. The first-order chi connectivity index (χ1) is 14.4. The van der Waals surface area contributed by atoms with Gasteiger partial charge in [0.2, 0.25) is 0 Å². The van der Waals surface area contributed by atoms with Crippen LogP contribution in [-0.4, -0.2) is 33.7 Å². The summed E-state index contributed by atoms with van der Waals surface area (Å²) in [4.78, 5) is 38.0. The van der Waals surface area contributed by atoms with Crippen LogP contribution in [-0.2, 0) is 4.79 Å². The van der Waals surface area contributed by atoms with E-state index in [4.69, 9.17) is 9.52 Å². The van der Waals surface area contributed by atoms with Crippen molar-refractivity contribution in [3.63, 3.8) is 0 Å². The van der Waals surface area contributed by atoms with Gasteiger partial charge in [0.1, 0.15) is 11.5 Å². The Balaban J connectivity index is 1.50. The number of hydrogen-bond donors (Lipinski definition) is 1. The third-order valence-electron chi connectivity index (χ3n) is 5.68. The van der Waals surface area contributed by atoms with Crippen LogP contribution in [0.15, 0.2) is 39.7 Å². The fourth-order valence-electron chi connectivity index (χ4n) is 4.06. The molecule has 0 unspecified atom stereocenters. The van der Waals surface area contributed by atoms with Gasteiger partial charge in [-0.3, -0.25) is 14.5 Å². The fraction of sp³-hybridized carbons (Fsp3) is 0.348. The molecule has 4 rings (SSSR count). The minimum Gasteiger partial charge on any atom is -0.478 e. The van der Waals surface area contributed by atoms with E-state index >= 15 is 0 Å². The topological polar surface area (TPSA) is 87.8 Å². The average molecular weight is 426 g/mol. The highest BCUT2D eigenvalue weighted by Gasteiger charge is 2.36. The van der Waals surface area contributed by atoms with Crippen molar-refractivity contribution in [1.82, 2.24) is 4.90 Å². The lowest BCUT2D eigenvalue weighted by molar-refractivity contribution is -0.123. The van der Waals surface area contributed by atoms with E-state index < -0.39 is 5.97 Å². The highest BCUT2D eigenvalue weighted by atomic mass is 32.2. The Morgan fingerprint density at radius 2 is 1.97 bits per heavy atom. The molecule has 1 saturated carbocycles. The van der Waals surface area contributed by atoms with Gasteiger partial charge in [0.15, 0.2) is 0 Å². The lowest BCUT2D eigenvalue weighted by Gasteiger charge is -2.25. The summed E-state index contributed by atoms with van der Waals surface area (Å²) < 4.78 is 5.86. The van der Waals surface area contributed by atoms with E-state index in [2.05, 4.69) is 0 Å². The molecule has 1 aromatic carbocycles. The second-order valence-corrected chi connectivity index (χ2v) is 8.83. The highest BCUT2D eigenvalue weighted by molar-refractivity contribution is 8.18. The largest absolute Gasteiger partial charge is 0.478 e. The zero-order chi connectivity index (χ0) is 21.3. The molecular formula is C23H23NO5S. The molecule has 1 N–H and O–H groups in total. The number of carbonyl (C=O) groups excluding carboxylic acids is 2. The molecule has 30 heavy (non-hydrogen) atoms.